The monoisotopic (exact) mass is 384 g/mol. The van der Waals surface area contributed by atoms with Gasteiger partial charge in [-0.15, -0.1) is 0 Å². The summed E-state index contributed by atoms with van der Waals surface area (Å²) in [5.74, 6) is -0.971. The number of nitrogens with zero attached hydrogens (tertiary/aromatic N) is 4. The van der Waals surface area contributed by atoms with Gasteiger partial charge in [-0.3, -0.25) is 0 Å². The highest BCUT2D eigenvalue weighted by Crippen LogP contribution is 2.34. The second-order valence-corrected chi connectivity index (χ2v) is 6.67. The summed E-state index contributed by atoms with van der Waals surface area (Å²) in [5.41, 5.74) is 19.1. The zero-order valence-electron chi connectivity index (χ0n) is 15.7. The molecular formula is C22H18N5O2+. The number of nitrogen functional groups attached to an aromatic ring is 1. The molecule has 0 atom stereocenters. The molecule has 0 aliphatic heterocycles. The van der Waals surface area contributed by atoms with Gasteiger partial charge in [0.1, 0.15) is 6.54 Å². The van der Waals surface area contributed by atoms with E-state index in [0.717, 1.165) is 32.9 Å². The molecule has 7 heteroatoms. The maximum absolute atomic E-state index is 11.2. The molecular weight excluding hydrogens is 366 g/mol. The summed E-state index contributed by atoms with van der Waals surface area (Å²) in [4.78, 5) is 14.1. The minimum atomic E-state index is -0.971. The van der Waals surface area contributed by atoms with Gasteiger partial charge in [0.2, 0.25) is 11.2 Å². The molecule has 3 N–H and O–H groups in total. The first-order chi connectivity index (χ1) is 14.0. The van der Waals surface area contributed by atoms with Gasteiger partial charge in [-0.1, -0.05) is 17.2 Å². The van der Waals surface area contributed by atoms with E-state index in [-0.39, 0.29) is 5.56 Å². The third kappa shape index (κ3) is 3.09. The first kappa shape index (κ1) is 18.3. The van der Waals surface area contributed by atoms with Gasteiger partial charge in [-0.05, 0) is 54.9 Å². The van der Waals surface area contributed by atoms with Crippen molar-refractivity contribution >= 4 is 39.0 Å². The zero-order chi connectivity index (χ0) is 20.5. The smallest absolute Gasteiger partial charge is 0.335 e. The number of fused-ring (bicyclic) bond motifs is 3. The van der Waals surface area contributed by atoms with Gasteiger partial charge in [-0.25, -0.2) is 4.79 Å². The van der Waals surface area contributed by atoms with Gasteiger partial charge in [0.15, 0.2) is 0 Å². The van der Waals surface area contributed by atoms with Crippen molar-refractivity contribution in [1.29, 1.82) is 0 Å². The molecule has 4 aromatic rings. The van der Waals surface area contributed by atoms with Gasteiger partial charge >= 0.3 is 5.97 Å². The number of anilines is 1. The molecule has 0 radical (unpaired) electrons. The summed E-state index contributed by atoms with van der Waals surface area (Å²) in [6.07, 6.45) is 0. The van der Waals surface area contributed by atoms with Gasteiger partial charge in [-0.2, -0.15) is 4.57 Å². The standard InChI is InChI=1S/C22H17N5O2/c1-2-27-20-11-15(23)7-9-18(20)17-10-8-16(25-26-24)12-19(17)21(27)13-3-5-14(6-4-13)22(28)29/h3-12,23H,2H2,1H3,(H,28,29)/p+1. The van der Waals surface area contributed by atoms with Gasteiger partial charge in [0, 0.05) is 33.3 Å². The van der Waals surface area contributed by atoms with E-state index in [1.165, 1.54) is 0 Å². The number of benzene rings is 3. The van der Waals surface area contributed by atoms with Crippen molar-refractivity contribution in [3.05, 3.63) is 76.7 Å². The van der Waals surface area contributed by atoms with Crippen molar-refractivity contribution in [2.24, 2.45) is 5.11 Å². The fraction of sp³-hybridized carbons (Fsp3) is 0.0909. The van der Waals surface area contributed by atoms with Crippen LogP contribution in [-0.2, 0) is 6.54 Å². The Morgan fingerprint density at radius 3 is 2.45 bits per heavy atom. The molecule has 0 aliphatic rings. The van der Waals surface area contributed by atoms with Crippen LogP contribution in [-0.4, -0.2) is 11.1 Å². The van der Waals surface area contributed by atoms with Crippen molar-refractivity contribution in [2.45, 2.75) is 13.5 Å². The first-order valence-corrected chi connectivity index (χ1v) is 9.11. The topological polar surface area (TPSA) is 116 Å². The quantitative estimate of drug-likeness (QED) is 0.126. The lowest BCUT2D eigenvalue weighted by Gasteiger charge is -2.12. The number of aromatic nitrogens is 1. The van der Waals surface area contributed by atoms with E-state index in [0.29, 0.717) is 17.9 Å². The van der Waals surface area contributed by atoms with E-state index in [2.05, 4.69) is 14.6 Å². The third-order valence-corrected chi connectivity index (χ3v) is 5.01. The van der Waals surface area contributed by atoms with Crippen LogP contribution in [0.25, 0.3) is 43.4 Å². The predicted molar refractivity (Wildman–Crippen MR) is 113 cm³/mol. The molecule has 4 rings (SSSR count). The second-order valence-electron chi connectivity index (χ2n) is 6.67. The van der Waals surface area contributed by atoms with Gasteiger partial charge in [0.25, 0.3) is 0 Å². The number of carboxylic acid groups (broad SMARTS) is 1. The van der Waals surface area contributed by atoms with Crippen LogP contribution in [0.2, 0.25) is 0 Å². The lowest BCUT2D eigenvalue weighted by molar-refractivity contribution is -0.655. The van der Waals surface area contributed by atoms with Crippen LogP contribution in [0.5, 0.6) is 0 Å². The highest BCUT2D eigenvalue weighted by molar-refractivity contribution is 6.10. The number of rotatable bonds is 4. The SMILES string of the molecule is CC[n+]1c(-c2ccc(C(=O)O)cc2)c2cc(N=[N+]=[N-])ccc2c2ccc(N)cc21. The molecule has 0 unspecified atom stereocenters. The van der Waals surface area contributed by atoms with E-state index in [9.17, 15) is 9.90 Å². The summed E-state index contributed by atoms with van der Waals surface area (Å²) >= 11 is 0. The Balaban J connectivity index is 2.17. The number of aryl methyl sites for hydroxylation is 1. The van der Waals surface area contributed by atoms with Crippen LogP contribution >= 0.6 is 0 Å². The Morgan fingerprint density at radius 2 is 1.79 bits per heavy atom. The highest BCUT2D eigenvalue weighted by Gasteiger charge is 2.23. The molecule has 0 spiro atoms. The van der Waals surface area contributed by atoms with E-state index >= 15 is 0 Å². The summed E-state index contributed by atoms with van der Waals surface area (Å²) in [5, 5.41) is 15.9. The zero-order valence-corrected chi connectivity index (χ0v) is 15.7. The molecule has 142 valence electrons. The Kier molecular flexibility index (Phi) is 4.50. The summed E-state index contributed by atoms with van der Waals surface area (Å²) in [6, 6.07) is 18.1. The number of hydrogen-bond acceptors (Lipinski definition) is 3. The summed E-state index contributed by atoms with van der Waals surface area (Å²) < 4.78 is 2.14. The normalized spacial score (nSPS) is 10.8. The Hall–Kier alpha value is -4.09. The molecule has 0 saturated heterocycles. The van der Waals surface area contributed by atoms with Crippen molar-refractivity contribution in [3.8, 4) is 11.3 Å². The third-order valence-electron chi connectivity index (χ3n) is 5.01. The molecule has 0 bridgehead atoms. The van der Waals surface area contributed by atoms with E-state index in [1.54, 1.807) is 30.3 Å². The van der Waals surface area contributed by atoms with Crippen molar-refractivity contribution in [2.75, 3.05) is 5.73 Å². The number of hydrogen-bond donors (Lipinski definition) is 2. The summed E-state index contributed by atoms with van der Waals surface area (Å²) in [6.45, 7) is 2.72. The van der Waals surface area contributed by atoms with Crippen LogP contribution in [0.15, 0.2) is 65.8 Å². The molecule has 1 aromatic heterocycles. The number of aromatic carboxylic acids is 1. The Bertz CT molecular complexity index is 1320. The maximum Gasteiger partial charge on any atom is 0.335 e. The molecule has 0 aliphatic carbocycles. The number of nitrogens with two attached hydrogens (primary N) is 1. The molecule has 0 amide bonds. The lowest BCUT2D eigenvalue weighted by atomic mass is 9.97. The molecule has 0 fully saturated rings. The number of carbonyl (C=O) groups is 1. The highest BCUT2D eigenvalue weighted by atomic mass is 16.4. The fourth-order valence-electron chi connectivity index (χ4n) is 3.75. The van der Waals surface area contributed by atoms with Crippen molar-refractivity contribution < 1.29 is 14.5 Å². The number of carboxylic acids is 1. The van der Waals surface area contributed by atoms with Crippen LogP contribution in [0.4, 0.5) is 11.4 Å². The minimum absolute atomic E-state index is 0.223. The molecule has 7 nitrogen and oxygen atoms in total. The minimum Gasteiger partial charge on any atom is -0.478 e. The van der Waals surface area contributed by atoms with Gasteiger partial charge in [0.05, 0.1) is 16.3 Å². The van der Waals surface area contributed by atoms with Crippen molar-refractivity contribution in [3.63, 3.8) is 0 Å². The molecule has 0 saturated carbocycles. The molecule has 1 heterocycles. The van der Waals surface area contributed by atoms with E-state index < -0.39 is 5.97 Å². The van der Waals surface area contributed by atoms with Crippen LogP contribution < -0.4 is 10.3 Å². The Morgan fingerprint density at radius 1 is 1.07 bits per heavy atom. The number of pyridine rings is 1. The number of azide groups is 1. The lowest BCUT2D eigenvalue weighted by Crippen LogP contribution is -2.36. The van der Waals surface area contributed by atoms with Crippen LogP contribution in [0.3, 0.4) is 0 Å². The van der Waals surface area contributed by atoms with Crippen LogP contribution in [0.1, 0.15) is 17.3 Å². The van der Waals surface area contributed by atoms with Crippen molar-refractivity contribution in [1.82, 2.24) is 0 Å². The Labute approximate surface area is 166 Å². The second kappa shape index (κ2) is 7.14. The fourth-order valence-corrected chi connectivity index (χ4v) is 3.75. The van der Waals surface area contributed by atoms with Gasteiger partial charge < -0.3 is 10.8 Å². The van der Waals surface area contributed by atoms with Crippen LogP contribution in [0, 0.1) is 0 Å². The predicted octanol–water partition coefficient (Wildman–Crippen LogP) is 5.19. The average Bonchev–Trinajstić information content (AvgIpc) is 2.72. The first-order valence-electron chi connectivity index (χ1n) is 9.11. The largest absolute Gasteiger partial charge is 0.478 e. The molecule has 3 aromatic carbocycles. The van der Waals surface area contributed by atoms with E-state index in [1.807, 2.05) is 37.3 Å². The average molecular weight is 384 g/mol. The summed E-state index contributed by atoms with van der Waals surface area (Å²) in [7, 11) is 0. The maximum atomic E-state index is 11.2. The molecule has 29 heavy (non-hydrogen) atoms. The van der Waals surface area contributed by atoms with E-state index in [4.69, 9.17) is 11.3 Å².